The van der Waals surface area contributed by atoms with Crippen LogP contribution < -0.4 is 5.32 Å². The third-order valence-electron chi connectivity index (χ3n) is 4.11. The van der Waals surface area contributed by atoms with Gasteiger partial charge in [-0.05, 0) is 37.3 Å². The number of anilines is 2. The number of rotatable bonds is 4. The molecule has 0 aliphatic rings. The maximum Gasteiger partial charge on any atom is 0.141 e. The average molecular weight is 354 g/mol. The molecule has 0 aliphatic heterocycles. The molecule has 25 heavy (non-hydrogen) atoms. The fourth-order valence-electron chi connectivity index (χ4n) is 2.98. The van der Waals surface area contributed by atoms with Gasteiger partial charge in [0.25, 0.3) is 0 Å². The molecule has 0 spiro atoms. The molecule has 0 radical (unpaired) electrons. The Bertz CT molecular complexity index is 1080. The van der Waals surface area contributed by atoms with Crippen molar-refractivity contribution in [2.75, 3.05) is 11.9 Å². The van der Waals surface area contributed by atoms with Gasteiger partial charge in [-0.2, -0.15) is 0 Å². The Morgan fingerprint density at radius 2 is 2.04 bits per heavy atom. The topological polar surface area (TPSA) is 75.9 Å². The standard InChI is InChI=1S/C18H16ClN5O/c1-11-22-16-9-15-14(8-17(16)24(11)5-6-25)18(21-10-20-15)23-13-4-2-3-12(19)7-13/h2-4,7-10,25H,5-6H2,1H3,(H,20,21,23). The van der Waals surface area contributed by atoms with Crippen molar-refractivity contribution in [3.05, 3.63) is 53.6 Å². The zero-order valence-electron chi connectivity index (χ0n) is 13.6. The number of nitrogens with one attached hydrogen (secondary N) is 1. The lowest BCUT2D eigenvalue weighted by atomic mass is 10.2. The van der Waals surface area contributed by atoms with E-state index < -0.39 is 0 Å². The first kappa shape index (κ1) is 15.8. The molecular weight excluding hydrogens is 338 g/mol. The van der Waals surface area contributed by atoms with Crippen molar-refractivity contribution in [1.82, 2.24) is 19.5 Å². The van der Waals surface area contributed by atoms with Gasteiger partial charge in [0.15, 0.2) is 0 Å². The molecule has 0 saturated carbocycles. The summed E-state index contributed by atoms with van der Waals surface area (Å²) in [6.45, 7) is 2.49. The van der Waals surface area contributed by atoms with Crippen LogP contribution in [0.1, 0.15) is 5.82 Å². The molecule has 2 aromatic carbocycles. The molecule has 7 heteroatoms. The van der Waals surface area contributed by atoms with E-state index in [-0.39, 0.29) is 6.61 Å². The molecule has 0 aliphatic carbocycles. The zero-order chi connectivity index (χ0) is 17.4. The summed E-state index contributed by atoms with van der Waals surface area (Å²) in [5.74, 6) is 1.56. The first-order chi connectivity index (χ1) is 12.2. The largest absolute Gasteiger partial charge is 0.395 e. The van der Waals surface area contributed by atoms with Crippen LogP contribution in [-0.4, -0.2) is 31.2 Å². The molecule has 6 nitrogen and oxygen atoms in total. The number of benzene rings is 2. The molecule has 126 valence electrons. The lowest BCUT2D eigenvalue weighted by Gasteiger charge is -2.09. The summed E-state index contributed by atoms with van der Waals surface area (Å²) < 4.78 is 1.99. The summed E-state index contributed by atoms with van der Waals surface area (Å²) in [5, 5.41) is 14.1. The third kappa shape index (κ3) is 2.90. The minimum atomic E-state index is 0.0588. The van der Waals surface area contributed by atoms with Gasteiger partial charge in [-0.1, -0.05) is 17.7 Å². The predicted molar refractivity (Wildman–Crippen MR) is 99.4 cm³/mol. The van der Waals surface area contributed by atoms with E-state index in [4.69, 9.17) is 11.6 Å². The third-order valence-corrected chi connectivity index (χ3v) is 4.34. The van der Waals surface area contributed by atoms with E-state index in [0.29, 0.717) is 17.4 Å². The van der Waals surface area contributed by atoms with E-state index in [9.17, 15) is 5.11 Å². The van der Waals surface area contributed by atoms with Gasteiger partial charge in [0, 0.05) is 22.6 Å². The van der Waals surface area contributed by atoms with Crippen molar-refractivity contribution in [2.24, 2.45) is 0 Å². The minimum absolute atomic E-state index is 0.0588. The van der Waals surface area contributed by atoms with Crippen molar-refractivity contribution < 1.29 is 5.11 Å². The Morgan fingerprint density at radius 3 is 2.84 bits per heavy atom. The lowest BCUT2D eigenvalue weighted by Crippen LogP contribution is -2.04. The van der Waals surface area contributed by atoms with Crippen LogP contribution in [0.15, 0.2) is 42.7 Å². The summed E-state index contributed by atoms with van der Waals surface area (Å²) in [6, 6.07) is 11.4. The van der Waals surface area contributed by atoms with Gasteiger partial charge < -0.3 is 15.0 Å². The van der Waals surface area contributed by atoms with Crippen molar-refractivity contribution >= 4 is 45.0 Å². The molecule has 0 atom stereocenters. The van der Waals surface area contributed by atoms with Gasteiger partial charge in [0.2, 0.25) is 0 Å². The first-order valence-electron chi connectivity index (χ1n) is 7.91. The highest BCUT2D eigenvalue weighted by Gasteiger charge is 2.12. The molecule has 0 unspecified atom stereocenters. The molecule has 0 amide bonds. The molecule has 4 rings (SSSR count). The fourth-order valence-corrected chi connectivity index (χ4v) is 3.17. The number of aliphatic hydroxyl groups is 1. The Kier molecular flexibility index (Phi) is 3.99. The van der Waals surface area contributed by atoms with E-state index in [1.54, 1.807) is 0 Å². The van der Waals surface area contributed by atoms with Crippen LogP contribution in [-0.2, 0) is 6.54 Å². The van der Waals surface area contributed by atoms with E-state index in [2.05, 4.69) is 20.3 Å². The van der Waals surface area contributed by atoms with Crippen molar-refractivity contribution in [2.45, 2.75) is 13.5 Å². The SMILES string of the molecule is Cc1nc2cc3ncnc(Nc4cccc(Cl)c4)c3cc2n1CCO. The number of hydrogen-bond donors (Lipinski definition) is 2. The van der Waals surface area contributed by atoms with Crippen LogP contribution in [0.2, 0.25) is 5.02 Å². The zero-order valence-corrected chi connectivity index (χ0v) is 14.3. The Labute approximate surface area is 149 Å². The van der Waals surface area contributed by atoms with Crippen LogP contribution in [0.5, 0.6) is 0 Å². The first-order valence-corrected chi connectivity index (χ1v) is 8.28. The van der Waals surface area contributed by atoms with Gasteiger partial charge in [-0.3, -0.25) is 0 Å². The summed E-state index contributed by atoms with van der Waals surface area (Å²) in [5.41, 5.74) is 3.46. The minimum Gasteiger partial charge on any atom is -0.395 e. The highest BCUT2D eigenvalue weighted by molar-refractivity contribution is 6.30. The fraction of sp³-hybridized carbons (Fsp3) is 0.167. The second kappa shape index (κ2) is 6.31. The summed E-state index contributed by atoms with van der Waals surface area (Å²) >= 11 is 6.06. The lowest BCUT2D eigenvalue weighted by molar-refractivity contribution is 0.276. The van der Waals surface area contributed by atoms with Crippen LogP contribution in [0.25, 0.3) is 21.9 Å². The number of hydrogen-bond acceptors (Lipinski definition) is 5. The van der Waals surface area contributed by atoms with Crippen molar-refractivity contribution in [3.8, 4) is 0 Å². The molecule has 4 aromatic rings. The van der Waals surface area contributed by atoms with Gasteiger partial charge in [-0.25, -0.2) is 15.0 Å². The second-order valence-electron chi connectivity index (χ2n) is 5.75. The Balaban J connectivity index is 1.88. The monoisotopic (exact) mass is 353 g/mol. The van der Waals surface area contributed by atoms with Crippen molar-refractivity contribution in [1.29, 1.82) is 0 Å². The molecule has 2 heterocycles. The number of aryl methyl sites for hydroxylation is 1. The van der Waals surface area contributed by atoms with Gasteiger partial charge in [-0.15, -0.1) is 0 Å². The van der Waals surface area contributed by atoms with E-state index in [1.807, 2.05) is 47.9 Å². The number of halogens is 1. The maximum absolute atomic E-state index is 9.31. The molecule has 0 bridgehead atoms. The number of aliphatic hydroxyl groups excluding tert-OH is 1. The Hall–Kier alpha value is -2.70. The summed E-state index contributed by atoms with van der Waals surface area (Å²) in [6.07, 6.45) is 1.53. The second-order valence-corrected chi connectivity index (χ2v) is 6.19. The summed E-state index contributed by atoms with van der Waals surface area (Å²) in [4.78, 5) is 13.3. The number of nitrogens with zero attached hydrogens (tertiary/aromatic N) is 4. The molecular formula is C18H16ClN5O. The van der Waals surface area contributed by atoms with E-state index >= 15 is 0 Å². The molecule has 0 fully saturated rings. The van der Waals surface area contributed by atoms with Crippen LogP contribution in [0.3, 0.4) is 0 Å². The van der Waals surface area contributed by atoms with Crippen molar-refractivity contribution in [3.63, 3.8) is 0 Å². The Morgan fingerprint density at radius 1 is 1.16 bits per heavy atom. The van der Waals surface area contributed by atoms with E-state index in [1.165, 1.54) is 6.33 Å². The number of aromatic nitrogens is 4. The summed E-state index contributed by atoms with van der Waals surface area (Å²) in [7, 11) is 0. The quantitative estimate of drug-likeness (QED) is 0.585. The highest BCUT2D eigenvalue weighted by Crippen LogP contribution is 2.28. The van der Waals surface area contributed by atoms with E-state index in [0.717, 1.165) is 33.4 Å². The van der Waals surface area contributed by atoms with Crippen LogP contribution >= 0.6 is 11.6 Å². The van der Waals surface area contributed by atoms with Gasteiger partial charge in [0.05, 0.1) is 23.2 Å². The number of fused-ring (bicyclic) bond motifs is 2. The number of imidazole rings is 1. The smallest absolute Gasteiger partial charge is 0.141 e. The molecule has 0 saturated heterocycles. The average Bonchev–Trinajstić information content (AvgIpc) is 2.89. The normalized spacial score (nSPS) is 11.3. The molecule has 2 N–H and O–H groups in total. The highest BCUT2D eigenvalue weighted by atomic mass is 35.5. The van der Waals surface area contributed by atoms with Gasteiger partial charge >= 0.3 is 0 Å². The molecule has 2 aromatic heterocycles. The predicted octanol–water partition coefficient (Wildman–Crippen LogP) is 3.68. The van der Waals surface area contributed by atoms with Crippen LogP contribution in [0.4, 0.5) is 11.5 Å². The maximum atomic E-state index is 9.31. The van der Waals surface area contributed by atoms with Crippen LogP contribution in [0, 0.1) is 6.92 Å². The van der Waals surface area contributed by atoms with Gasteiger partial charge in [0.1, 0.15) is 18.0 Å².